The molecule has 0 aromatic carbocycles. The number of piperidine rings is 1. The monoisotopic (exact) mass is 440 g/mol. The number of likely N-dealkylation sites (N-methyl/N-ethyl adjacent to an activating group) is 1. The maximum atomic E-state index is 3.27. The van der Waals surface area contributed by atoms with Crippen LogP contribution >= 0.6 is 0 Å². The zero-order valence-electron chi connectivity index (χ0n) is 21.9. The van der Waals surface area contributed by atoms with Crippen LogP contribution in [0.3, 0.4) is 0 Å². The van der Waals surface area contributed by atoms with Crippen LogP contribution in [0.15, 0.2) is 0 Å². The van der Waals surface area contributed by atoms with Crippen LogP contribution in [-0.2, 0) is 0 Å². The van der Waals surface area contributed by atoms with Crippen molar-refractivity contribution in [3.8, 4) is 0 Å². The summed E-state index contributed by atoms with van der Waals surface area (Å²) in [5.74, 6) is 0. The highest BCUT2D eigenvalue weighted by molar-refractivity contribution is 4.62. The minimum Gasteiger partial charge on any atom is -0.314 e. The maximum absolute atomic E-state index is 3.27. The summed E-state index contributed by atoms with van der Waals surface area (Å²) >= 11 is 0. The molecule has 5 saturated heterocycles. The summed E-state index contributed by atoms with van der Waals surface area (Å²) in [6.07, 6.45) is 11.3. The molecule has 6 nitrogen and oxygen atoms in total. The van der Waals surface area contributed by atoms with Crippen molar-refractivity contribution in [1.29, 1.82) is 0 Å². The summed E-state index contributed by atoms with van der Waals surface area (Å²) < 4.78 is 0. The van der Waals surface area contributed by atoms with Crippen LogP contribution in [0, 0.1) is 0 Å². The average Bonchev–Trinajstić information content (AvgIpc) is 3.43. The van der Waals surface area contributed by atoms with Gasteiger partial charge in [-0.1, -0.05) is 6.42 Å². The number of hydrogen-bond acceptors (Lipinski definition) is 6. The van der Waals surface area contributed by atoms with Crippen molar-refractivity contribution in [2.45, 2.75) is 51.4 Å². The first-order valence-corrected chi connectivity index (χ1v) is 13.1. The van der Waals surface area contributed by atoms with Crippen LogP contribution in [0.2, 0.25) is 0 Å². The SMILES string of the molecule is CN1CCC1.CN1CCCC1.CN1CCCC1.CN1CCCCC1.CN1CCNCC1. The second kappa shape index (κ2) is 19.2. The lowest BCUT2D eigenvalue weighted by Gasteiger charge is -2.24. The van der Waals surface area contributed by atoms with Crippen LogP contribution in [-0.4, -0.2) is 138 Å². The molecule has 0 saturated carbocycles. The molecule has 31 heavy (non-hydrogen) atoms. The molecule has 0 aromatic heterocycles. The van der Waals surface area contributed by atoms with E-state index in [1.54, 1.807) is 0 Å². The van der Waals surface area contributed by atoms with Crippen LogP contribution in [0.4, 0.5) is 0 Å². The third-order valence-corrected chi connectivity index (χ3v) is 6.66. The van der Waals surface area contributed by atoms with Crippen LogP contribution in [0.5, 0.6) is 0 Å². The van der Waals surface area contributed by atoms with Crippen molar-refractivity contribution in [3.05, 3.63) is 0 Å². The first kappa shape index (κ1) is 28.8. The van der Waals surface area contributed by atoms with E-state index < -0.39 is 0 Å². The Labute approximate surface area is 195 Å². The van der Waals surface area contributed by atoms with E-state index in [-0.39, 0.29) is 0 Å². The van der Waals surface area contributed by atoms with Crippen molar-refractivity contribution in [3.63, 3.8) is 0 Å². The van der Waals surface area contributed by atoms with Gasteiger partial charge in [0.1, 0.15) is 0 Å². The number of likely N-dealkylation sites (tertiary alicyclic amines) is 4. The van der Waals surface area contributed by atoms with Gasteiger partial charge in [0.05, 0.1) is 0 Å². The van der Waals surface area contributed by atoms with Gasteiger partial charge in [0.2, 0.25) is 0 Å². The largest absolute Gasteiger partial charge is 0.314 e. The van der Waals surface area contributed by atoms with E-state index in [4.69, 9.17) is 0 Å². The highest BCUT2D eigenvalue weighted by atomic mass is 15.2. The molecule has 5 rings (SSSR count). The minimum atomic E-state index is 1.16. The Morgan fingerprint density at radius 2 is 0.581 bits per heavy atom. The molecular weight excluding hydrogens is 384 g/mol. The molecule has 5 heterocycles. The van der Waals surface area contributed by atoms with E-state index in [9.17, 15) is 0 Å². The van der Waals surface area contributed by atoms with E-state index in [1.807, 2.05) is 0 Å². The lowest BCUT2D eigenvalue weighted by Crippen LogP contribution is -2.40. The standard InChI is InChI=1S/C6H13N.C5H12N2.2C5H11N.C4H9N/c1-7-5-3-2-4-6-7;1-7-4-2-6-3-5-7;2*1-6-4-2-3-5-6;1-5-3-2-4-5/h2-6H2,1H3;6H,2-5H2,1H3;2*2-5H2,1H3;2-4H2,1H3. The van der Waals surface area contributed by atoms with Gasteiger partial charge in [-0.05, 0) is 133 Å². The Balaban J connectivity index is 0.000000195. The van der Waals surface area contributed by atoms with Crippen molar-refractivity contribution >= 4 is 0 Å². The van der Waals surface area contributed by atoms with E-state index in [2.05, 4.69) is 65.1 Å². The van der Waals surface area contributed by atoms with Gasteiger partial charge in [0.25, 0.3) is 0 Å². The fourth-order valence-electron chi connectivity index (χ4n) is 4.05. The molecule has 0 aromatic rings. The van der Waals surface area contributed by atoms with Gasteiger partial charge in [0, 0.05) is 26.2 Å². The molecule has 0 aliphatic carbocycles. The van der Waals surface area contributed by atoms with E-state index >= 15 is 0 Å². The average molecular weight is 441 g/mol. The Bertz CT molecular complexity index is 336. The van der Waals surface area contributed by atoms with Crippen LogP contribution in [0.25, 0.3) is 0 Å². The molecule has 0 atom stereocenters. The second-order valence-corrected chi connectivity index (χ2v) is 10.1. The summed E-state index contributed by atoms with van der Waals surface area (Å²) in [6.45, 7) is 15.3. The van der Waals surface area contributed by atoms with E-state index in [0.29, 0.717) is 0 Å². The molecule has 0 bridgehead atoms. The van der Waals surface area contributed by atoms with Gasteiger partial charge in [0.15, 0.2) is 0 Å². The molecule has 5 fully saturated rings. The fourth-order valence-corrected chi connectivity index (χ4v) is 4.05. The third kappa shape index (κ3) is 17.9. The minimum absolute atomic E-state index is 1.16. The molecule has 186 valence electrons. The van der Waals surface area contributed by atoms with Gasteiger partial charge >= 0.3 is 0 Å². The van der Waals surface area contributed by atoms with Gasteiger partial charge in [-0.25, -0.2) is 0 Å². The molecule has 0 radical (unpaired) electrons. The first-order chi connectivity index (χ1) is 15.0. The Morgan fingerprint density at radius 3 is 0.710 bits per heavy atom. The van der Waals surface area contributed by atoms with Crippen molar-refractivity contribution in [1.82, 2.24) is 29.8 Å². The normalized spacial score (nSPS) is 25.5. The molecule has 0 amide bonds. The Kier molecular flexibility index (Phi) is 17.9. The van der Waals surface area contributed by atoms with Gasteiger partial charge in [-0.2, -0.15) is 0 Å². The molecule has 6 heteroatoms. The Hall–Kier alpha value is -0.240. The third-order valence-electron chi connectivity index (χ3n) is 6.66. The molecule has 5 aliphatic rings. The van der Waals surface area contributed by atoms with E-state index in [1.165, 1.54) is 117 Å². The van der Waals surface area contributed by atoms with E-state index in [0.717, 1.165) is 13.1 Å². The smallest absolute Gasteiger partial charge is 0.0104 e. The molecule has 0 spiro atoms. The number of nitrogens with zero attached hydrogens (tertiary/aromatic N) is 5. The molecule has 1 N–H and O–H groups in total. The summed E-state index contributed by atoms with van der Waals surface area (Å²) in [4.78, 5) is 11.7. The predicted molar refractivity (Wildman–Crippen MR) is 137 cm³/mol. The second-order valence-electron chi connectivity index (χ2n) is 10.1. The lowest BCUT2D eigenvalue weighted by molar-refractivity contribution is 0.229. The number of hydrogen-bond donors (Lipinski definition) is 1. The molecule has 0 unspecified atom stereocenters. The van der Waals surface area contributed by atoms with Crippen molar-refractivity contribution < 1.29 is 0 Å². The summed E-state index contributed by atoms with van der Waals surface area (Å²) in [6, 6.07) is 0. The van der Waals surface area contributed by atoms with Crippen LogP contribution in [0.1, 0.15) is 51.4 Å². The maximum Gasteiger partial charge on any atom is 0.0104 e. The molecule has 5 aliphatic heterocycles. The zero-order valence-corrected chi connectivity index (χ0v) is 21.9. The predicted octanol–water partition coefficient (Wildman–Crippen LogP) is 2.37. The quantitative estimate of drug-likeness (QED) is 0.622. The number of rotatable bonds is 0. The van der Waals surface area contributed by atoms with Gasteiger partial charge < -0.3 is 29.8 Å². The highest BCUT2D eigenvalue weighted by Crippen LogP contribution is 2.05. The number of nitrogens with one attached hydrogen (secondary N) is 1. The van der Waals surface area contributed by atoms with Crippen LogP contribution < -0.4 is 5.32 Å². The fraction of sp³-hybridized carbons (Fsp3) is 1.00. The summed E-state index contributed by atoms with van der Waals surface area (Å²) in [7, 11) is 10.8. The Morgan fingerprint density at radius 1 is 0.323 bits per heavy atom. The van der Waals surface area contributed by atoms with Gasteiger partial charge in [-0.15, -0.1) is 0 Å². The summed E-state index contributed by atoms with van der Waals surface area (Å²) in [5, 5.41) is 3.27. The highest BCUT2D eigenvalue weighted by Gasteiger charge is 2.05. The van der Waals surface area contributed by atoms with Gasteiger partial charge in [-0.3, -0.25) is 0 Å². The number of piperazine rings is 1. The zero-order chi connectivity index (χ0) is 22.7. The lowest BCUT2D eigenvalue weighted by atomic mass is 10.1. The topological polar surface area (TPSA) is 28.2 Å². The molecular formula is C25H56N6. The van der Waals surface area contributed by atoms with Crippen molar-refractivity contribution in [2.75, 3.05) is 114 Å². The van der Waals surface area contributed by atoms with Crippen molar-refractivity contribution in [2.24, 2.45) is 0 Å². The first-order valence-electron chi connectivity index (χ1n) is 13.1. The summed E-state index contributed by atoms with van der Waals surface area (Å²) in [5.41, 5.74) is 0.